The molecular formula is C27H30N4O2. The Bertz CT molecular complexity index is 1050. The normalized spacial score (nSPS) is 20.1. The number of urea groups is 1. The third kappa shape index (κ3) is 4.86. The van der Waals surface area contributed by atoms with Crippen LogP contribution in [0, 0.1) is 0 Å². The van der Waals surface area contributed by atoms with Gasteiger partial charge in [0.2, 0.25) is 0 Å². The fraction of sp³-hybridized carbons (Fsp3) is 0.333. The average molecular weight is 443 g/mol. The van der Waals surface area contributed by atoms with E-state index in [2.05, 4.69) is 44.4 Å². The maximum Gasteiger partial charge on any atom is 0.318 e. The number of piperidine rings is 1. The lowest BCUT2D eigenvalue weighted by Gasteiger charge is -2.42. The Morgan fingerprint density at radius 3 is 2.48 bits per heavy atom. The third-order valence-corrected chi connectivity index (χ3v) is 6.54. The van der Waals surface area contributed by atoms with Gasteiger partial charge in [0.1, 0.15) is 12.4 Å². The number of rotatable bonds is 4. The van der Waals surface area contributed by atoms with Crippen LogP contribution in [-0.4, -0.2) is 53.1 Å². The van der Waals surface area contributed by atoms with Crippen LogP contribution in [0.25, 0.3) is 0 Å². The summed E-state index contributed by atoms with van der Waals surface area (Å²) in [6.45, 7) is 3.66. The van der Waals surface area contributed by atoms with E-state index in [1.165, 1.54) is 0 Å². The highest BCUT2D eigenvalue weighted by Gasteiger charge is 2.36. The van der Waals surface area contributed by atoms with Crippen molar-refractivity contribution >= 4 is 6.03 Å². The smallest absolute Gasteiger partial charge is 0.318 e. The molecular weight excluding hydrogens is 412 g/mol. The Morgan fingerprint density at radius 1 is 0.939 bits per heavy atom. The van der Waals surface area contributed by atoms with E-state index >= 15 is 0 Å². The molecule has 5 rings (SSSR count). The van der Waals surface area contributed by atoms with E-state index in [-0.39, 0.29) is 18.1 Å². The number of fused-ring (bicyclic) bond motifs is 1. The van der Waals surface area contributed by atoms with Crippen LogP contribution in [0.5, 0.6) is 5.75 Å². The van der Waals surface area contributed by atoms with Gasteiger partial charge >= 0.3 is 6.03 Å². The molecule has 1 N–H and O–H groups in total. The standard InChI is InChI=1S/C27H30N4O2/c32-27-29-16-19-33-25-12-5-4-11-24(25)26(21-8-2-1-3-9-21)31(27)23-13-17-30(18-14-23)20-22-10-6-7-15-28-22/h1-12,15,23,26H,13-14,16-20H2,(H,29,32). The van der Waals surface area contributed by atoms with Crippen LogP contribution in [0.15, 0.2) is 79.0 Å². The van der Waals surface area contributed by atoms with Crippen molar-refractivity contribution < 1.29 is 9.53 Å². The molecule has 1 unspecified atom stereocenters. The minimum atomic E-state index is -0.201. The predicted molar refractivity (Wildman–Crippen MR) is 128 cm³/mol. The van der Waals surface area contributed by atoms with Crippen molar-refractivity contribution in [3.8, 4) is 5.75 Å². The van der Waals surface area contributed by atoms with Crippen molar-refractivity contribution in [2.75, 3.05) is 26.2 Å². The Hall–Kier alpha value is -3.38. The van der Waals surface area contributed by atoms with Gasteiger partial charge in [-0.05, 0) is 36.6 Å². The molecule has 2 aromatic carbocycles. The summed E-state index contributed by atoms with van der Waals surface area (Å²) in [6.07, 6.45) is 3.69. The second-order valence-electron chi connectivity index (χ2n) is 8.67. The first-order chi connectivity index (χ1) is 16.3. The van der Waals surface area contributed by atoms with Gasteiger partial charge in [0.15, 0.2) is 0 Å². The van der Waals surface area contributed by atoms with Gasteiger partial charge in [0, 0.05) is 37.4 Å². The molecule has 2 amide bonds. The Balaban J connectivity index is 1.44. The lowest BCUT2D eigenvalue weighted by Crippen LogP contribution is -2.52. The number of para-hydroxylation sites is 1. The van der Waals surface area contributed by atoms with Gasteiger partial charge in [0.05, 0.1) is 18.3 Å². The van der Waals surface area contributed by atoms with Crippen molar-refractivity contribution in [1.29, 1.82) is 0 Å². The quantitative estimate of drug-likeness (QED) is 0.657. The van der Waals surface area contributed by atoms with Crippen LogP contribution in [-0.2, 0) is 6.54 Å². The zero-order valence-electron chi connectivity index (χ0n) is 18.8. The number of ether oxygens (including phenoxy) is 1. The van der Waals surface area contributed by atoms with Gasteiger partial charge in [-0.3, -0.25) is 9.88 Å². The SMILES string of the molecule is O=C1NCCOc2ccccc2C(c2ccccc2)N1C1CCN(Cc2ccccn2)CC1. The monoisotopic (exact) mass is 442 g/mol. The van der Waals surface area contributed by atoms with E-state index in [9.17, 15) is 4.79 Å². The molecule has 0 bridgehead atoms. The van der Waals surface area contributed by atoms with Gasteiger partial charge in [-0.25, -0.2) is 4.79 Å². The number of amides is 2. The van der Waals surface area contributed by atoms with Crippen molar-refractivity contribution in [1.82, 2.24) is 20.1 Å². The number of likely N-dealkylation sites (tertiary alicyclic amines) is 1. The van der Waals surface area contributed by atoms with Crippen LogP contribution in [0.3, 0.4) is 0 Å². The molecule has 1 atom stereocenters. The molecule has 170 valence electrons. The largest absolute Gasteiger partial charge is 0.491 e. The van der Waals surface area contributed by atoms with Gasteiger partial charge in [-0.1, -0.05) is 54.6 Å². The molecule has 0 aliphatic carbocycles. The summed E-state index contributed by atoms with van der Waals surface area (Å²) in [6, 6.07) is 24.4. The van der Waals surface area contributed by atoms with E-state index < -0.39 is 0 Å². The summed E-state index contributed by atoms with van der Waals surface area (Å²) < 4.78 is 6.07. The number of carbonyl (C=O) groups excluding carboxylic acids is 1. The molecule has 3 aromatic rings. The number of aromatic nitrogens is 1. The molecule has 1 saturated heterocycles. The number of nitrogens with one attached hydrogen (secondary N) is 1. The van der Waals surface area contributed by atoms with Crippen molar-refractivity contribution in [2.24, 2.45) is 0 Å². The van der Waals surface area contributed by atoms with Gasteiger partial charge in [-0.2, -0.15) is 0 Å². The predicted octanol–water partition coefficient (Wildman–Crippen LogP) is 4.24. The summed E-state index contributed by atoms with van der Waals surface area (Å²) >= 11 is 0. The van der Waals surface area contributed by atoms with E-state index in [0.29, 0.717) is 13.2 Å². The zero-order valence-corrected chi connectivity index (χ0v) is 18.8. The molecule has 0 radical (unpaired) electrons. The summed E-state index contributed by atoms with van der Waals surface area (Å²) in [5.41, 5.74) is 3.22. The highest BCUT2D eigenvalue weighted by Crippen LogP contribution is 2.38. The molecule has 1 aromatic heterocycles. The Kier molecular flexibility index (Phi) is 6.53. The number of carbonyl (C=O) groups is 1. The number of nitrogens with zero attached hydrogens (tertiary/aromatic N) is 3. The minimum absolute atomic E-state index is 0.0210. The lowest BCUT2D eigenvalue weighted by molar-refractivity contribution is 0.101. The topological polar surface area (TPSA) is 57.7 Å². The van der Waals surface area contributed by atoms with E-state index in [1.807, 2.05) is 54.7 Å². The maximum atomic E-state index is 13.5. The van der Waals surface area contributed by atoms with Gasteiger partial charge < -0.3 is 15.0 Å². The fourth-order valence-electron chi connectivity index (χ4n) is 4.94. The number of hydrogen-bond donors (Lipinski definition) is 1. The molecule has 3 heterocycles. The van der Waals surface area contributed by atoms with Crippen LogP contribution < -0.4 is 10.1 Å². The number of benzene rings is 2. The van der Waals surface area contributed by atoms with Crippen molar-refractivity contribution in [3.63, 3.8) is 0 Å². The molecule has 1 fully saturated rings. The van der Waals surface area contributed by atoms with E-state index in [4.69, 9.17) is 4.74 Å². The second-order valence-corrected chi connectivity index (χ2v) is 8.67. The Labute approximate surface area is 195 Å². The Morgan fingerprint density at radius 2 is 1.70 bits per heavy atom. The average Bonchev–Trinajstić information content (AvgIpc) is 2.94. The summed E-state index contributed by atoms with van der Waals surface area (Å²) in [5, 5.41) is 3.10. The first kappa shape index (κ1) is 21.5. The highest BCUT2D eigenvalue weighted by atomic mass is 16.5. The molecule has 2 aliphatic rings. The fourth-order valence-corrected chi connectivity index (χ4v) is 4.94. The van der Waals surface area contributed by atoms with Crippen molar-refractivity contribution in [2.45, 2.75) is 31.5 Å². The minimum Gasteiger partial charge on any atom is -0.491 e. The van der Waals surface area contributed by atoms with E-state index in [1.54, 1.807) is 0 Å². The summed E-state index contributed by atoms with van der Waals surface area (Å²) in [7, 11) is 0. The maximum absolute atomic E-state index is 13.5. The van der Waals surface area contributed by atoms with Crippen molar-refractivity contribution in [3.05, 3.63) is 95.8 Å². The third-order valence-electron chi connectivity index (χ3n) is 6.54. The summed E-state index contributed by atoms with van der Waals surface area (Å²) in [4.78, 5) is 22.5. The van der Waals surface area contributed by atoms with Crippen LogP contribution in [0.1, 0.15) is 35.7 Å². The van der Waals surface area contributed by atoms with Crippen LogP contribution >= 0.6 is 0 Å². The molecule has 2 aliphatic heterocycles. The van der Waals surface area contributed by atoms with Gasteiger partial charge in [-0.15, -0.1) is 0 Å². The first-order valence-electron chi connectivity index (χ1n) is 11.7. The van der Waals surface area contributed by atoms with E-state index in [0.717, 1.165) is 55.0 Å². The van der Waals surface area contributed by atoms with Crippen LogP contribution in [0.4, 0.5) is 4.79 Å². The molecule has 33 heavy (non-hydrogen) atoms. The number of hydrogen-bond acceptors (Lipinski definition) is 4. The lowest BCUT2D eigenvalue weighted by atomic mass is 9.92. The van der Waals surface area contributed by atoms with Crippen LogP contribution in [0.2, 0.25) is 0 Å². The second kappa shape index (κ2) is 10.0. The molecule has 0 spiro atoms. The summed E-state index contributed by atoms with van der Waals surface area (Å²) in [5.74, 6) is 0.848. The molecule has 6 nitrogen and oxygen atoms in total. The number of pyridine rings is 1. The zero-order chi connectivity index (χ0) is 22.5. The molecule has 6 heteroatoms. The molecule has 0 saturated carbocycles. The first-order valence-corrected chi connectivity index (χ1v) is 11.7. The highest BCUT2D eigenvalue weighted by molar-refractivity contribution is 5.76. The van der Waals surface area contributed by atoms with Gasteiger partial charge in [0.25, 0.3) is 0 Å².